The van der Waals surface area contributed by atoms with Crippen LogP contribution >= 0.6 is 11.6 Å². The van der Waals surface area contributed by atoms with Crippen LogP contribution in [-0.4, -0.2) is 78.8 Å². The van der Waals surface area contributed by atoms with Gasteiger partial charge in [0.25, 0.3) is 12.3 Å². The highest BCUT2D eigenvalue weighted by Gasteiger charge is 2.71. The standard InChI is InChI=1S/C41H44ClF6N11O5/c1-37(2,3)20-39(24-11-13-29(27(43)16-24)58(50)22-53-51-4)33(60)59(34(56-39)55-35(61)63-19-23-8-6-5-7-9-23)40(18-30(40)64-36(62)57-38(14-15-38)41(46,47)48)25-10-12-26(42)28(17-25)54-32(31(44)45)52-21-49/h5-13,16-17,21-22,30-31,51H,14-15,18-20,50H2,1-4H3,(H,57,62)(H2,49,52,54)(H,55,56,61)/p+1. The number of nitrogens with two attached hydrogens (primary N) is 3. The third-order valence-electron chi connectivity index (χ3n) is 10.6. The van der Waals surface area contributed by atoms with Crippen LogP contribution in [0.25, 0.3) is 0 Å². The molecule has 0 radical (unpaired) electrons. The SMILES string of the molecule is C[NH2+]N=CN(N)c1ccc(C2(CC(C)(C)C)N=C(NC(=O)OCc3ccccc3)N(C3(c4ccc(Cl)c(N=C(N=CN)C(F)F)c4)CC3OC(=O)NC3(C(F)(F)F)CC3)C2=O)cc1F. The fraction of sp³-hybridized carbons (Fsp3) is 0.390. The van der Waals surface area contributed by atoms with Gasteiger partial charge in [0.1, 0.15) is 29.6 Å². The maximum absolute atomic E-state index is 16.1. The van der Waals surface area contributed by atoms with E-state index in [1.54, 1.807) is 58.2 Å². The summed E-state index contributed by atoms with van der Waals surface area (Å²) in [6.45, 7) is 5.08. The average molecular weight is 921 g/mol. The Hall–Kier alpha value is -6.26. The summed E-state index contributed by atoms with van der Waals surface area (Å²) in [5.41, 5.74) is -0.571. The number of halogens is 7. The van der Waals surface area contributed by atoms with E-state index in [0.29, 0.717) is 11.9 Å². The van der Waals surface area contributed by atoms with E-state index in [0.717, 1.165) is 22.3 Å². The predicted octanol–water partition coefficient (Wildman–Crippen LogP) is 5.82. The molecule has 6 rings (SSSR count). The van der Waals surface area contributed by atoms with Crippen molar-refractivity contribution in [3.05, 3.63) is 94.3 Å². The Morgan fingerprint density at radius 1 is 1.08 bits per heavy atom. The van der Waals surface area contributed by atoms with Gasteiger partial charge in [0.15, 0.2) is 17.7 Å². The van der Waals surface area contributed by atoms with Gasteiger partial charge in [-0.15, -0.1) is 0 Å². The molecule has 1 heterocycles. The van der Waals surface area contributed by atoms with E-state index in [2.05, 4.69) is 20.4 Å². The minimum absolute atomic E-state index is 0.00451. The number of amides is 3. The van der Waals surface area contributed by atoms with Crippen LogP contribution in [0.4, 0.5) is 47.3 Å². The molecule has 0 saturated heterocycles. The van der Waals surface area contributed by atoms with Gasteiger partial charge in [0, 0.05) is 6.42 Å². The number of nitrogens with one attached hydrogen (secondary N) is 2. The second-order valence-corrected chi connectivity index (χ2v) is 16.8. The summed E-state index contributed by atoms with van der Waals surface area (Å²) in [6.07, 6.45) is -11.8. The van der Waals surface area contributed by atoms with Crippen molar-refractivity contribution in [2.75, 3.05) is 12.1 Å². The summed E-state index contributed by atoms with van der Waals surface area (Å²) in [5, 5.41) is 9.04. The number of alkyl carbamates (subject to hydrolysis) is 2. The fourth-order valence-corrected chi connectivity index (χ4v) is 7.56. The first-order valence-corrected chi connectivity index (χ1v) is 20.0. The first-order chi connectivity index (χ1) is 30.1. The lowest BCUT2D eigenvalue weighted by Crippen LogP contribution is -2.73. The zero-order valence-corrected chi connectivity index (χ0v) is 35.6. The third-order valence-corrected chi connectivity index (χ3v) is 10.9. The number of ether oxygens (including phenoxy) is 2. The van der Waals surface area contributed by atoms with Crippen molar-refractivity contribution >= 4 is 65.5 Å². The Bertz CT molecular complexity index is 2390. The molecule has 2 aliphatic carbocycles. The number of benzene rings is 3. The maximum Gasteiger partial charge on any atom is 0.414 e. The summed E-state index contributed by atoms with van der Waals surface area (Å²) < 4.78 is 97.2. The number of carbonyl (C=O) groups excluding carboxylic acids is 3. The lowest BCUT2D eigenvalue weighted by Gasteiger charge is -2.36. The van der Waals surface area contributed by atoms with E-state index in [1.807, 2.05) is 5.32 Å². The van der Waals surface area contributed by atoms with Crippen molar-refractivity contribution in [3.8, 4) is 0 Å². The number of rotatable bonds is 13. The first kappa shape index (κ1) is 47.2. The largest absolute Gasteiger partial charge is 0.444 e. The minimum atomic E-state index is -4.82. The Balaban J connectivity index is 1.53. The highest BCUT2D eigenvalue weighted by atomic mass is 35.5. The van der Waals surface area contributed by atoms with Gasteiger partial charge in [0.05, 0.1) is 29.8 Å². The number of hydrazine groups is 1. The van der Waals surface area contributed by atoms with Crippen molar-refractivity contribution in [2.24, 2.45) is 37.1 Å². The van der Waals surface area contributed by atoms with Crippen molar-refractivity contribution in [1.29, 1.82) is 0 Å². The minimum Gasteiger partial charge on any atom is -0.444 e. The van der Waals surface area contributed by atoms with Crippen molar-refractivity contribution in [2.45, 2.75) is 88.4 Å². The molecule has 342 valence electrons. The van der Waals surface area contributed by atoms with E-state index in [4.69, 9.17) is 37.6 Å². The number of quaternary nitrogens is 1. The third kappa shape index (κ3) is 9.77. The second kappa shape index (κ2) is 18.1. The Morgan fingerprint density at radius 3 is 2.36 bits per heavy atom. The molecule has 64 heavy (non-hydrogen) atoms. The average Bonchev–Trinajstić information content (AvgIpc) is 4.14. The molecule has 0 bridgehead atoms. The molecule has 3 aliphatic rings. The maximum atomic E-state index is 16.1. The molecule has 3 atom stereocenters. The molecule has 3 aromatic carbocycles. The number of hydrogen-bond donors (Lipinski definition) is 5. The smallest absolute Gasteiger partial charge is 0.414 e. The number of guanidine groups is 1. The van der Waals surface area contributed by atoms with Crippen LogP contribution in [0.2, 0.25) is 5.02 Å². The van der Waals surface area contributed by atoms with Gasteiger partial charge in [-0.3, -0.25) is 20.0 Å². The van der Waals surface area contributed by atoms with E-state index in [-0.39, 0.29) is 47.0 Å². The van der Waals surface area contributed by atoms with Crippen LogP contribution in [0.5, 0.6) is 0 Å². The highest BCUT2D eigenvalue weighted by Crippen LogP contribution is 2.58. The number of aliphatic imine (C=N–C) groups is 3. The summed E-state index contributed by atoms with van der Waals surface area (Å²) in [4.78, 5) is 55.8. The lowest BCUT2D eigenvalue weighted by molar-refractivity contribution is -0.632. The fourth-order valence-electron chi connectivity index (χ4n) is 7.40. The molecule has 16 nitrogen and oxygen atoms in total. The predicted molar refractivity (Wildman–Crippen MR) is 224 cm³/mol. The van der Waals surface area contributed by atoms with Crippen LogP contribution in [0.15, 0.2) is 86.8 Å². The summed E-state index contributed by atoms with van der Waals surface area (Å²) in [6, 6.07) is 16.0. The molecular weight excluding hydrogens is 876 g/mol. The van der Waals surface area contributed by atoms with E-state index < -0.39 is 89.3 Å². The van der Waals surface area contributed by atoms with Gasteiger partial charge in [-0.1, -0.05) is 79.9 Å². The quantitative estimate of drug-likeness (QED) is 0.0462. The molecule has 0 spiro atoms. The van der Waals surface area contributed by atoms with Crippen LogP contribution in [-0.2, 0) is 32.0 Å². The number of carbonyl (C=O) groups is 3. The van der Waals surface area contributed by atoms with Crippen molar-refractivity contribution < 1.29 is 55.6 Å². The van der Waals surface area contributed by atoms with E-state index >= 15 is 9.18 Å². The topological polar surface area (TPSA) is 218 Å². The number of amidine groups is 1. The Labute approximate surface area is 367 Å². The van der Waals surface area contributed by atoms with Crippen molar-refractivity contribution in [3.63, 3.8) is 0 Å². The van der Waals surface area contributed by atoms with Crippen molar-refractivity contribution in [1.82, 2.24) is 15.5 Å². The summed E-state index contributed by atoms with van der Waals surface area (Å²) in [5.74, 6) is 2.67. The summed E-state index contributed by atoms with van der Waals surface area (Å²) >= 11 is 6.43. The van der Waals surface area contributed by atoms with Gasteiger partial charge in [-0.2, -0.15) is 13.2 Å². The molecule has 3 amide bonds. The summed E-state index contributed by atoms with van der Waals surface area (Å²) in [7, 11) is 1.62. The first-order valence-electron chi connectivity index (χ1n) is 19.6. The molecule has 2 saturated carbocycles. The number of nitrogens with zero attached hydrogens (tertiary/aromatic N) is 6. The Kier molecular flexibility index (Phi) is 13.3. The van der Waals surface area contributed by atoms with E-state index in [9.17, 15) is 31.5 Å². The molecule has 3 unspecified atom stereocenters. The van der Waals surface area contributed by atoms with Gasteiger partial charge < -0.3 is 20.5 Å². The lowest BCUT2D eigenvalue weighted by atomic mass is 9.75. The van der Waals surface area contributed by atoms with Gasteiger partial charge in [-0.05, 0) is 65.6 Å². The number of hydrogen-bond acceptors (Lipinski definition) is 9. The molecule has 1 aliphatic heterocycles. The Morgan fingerprint density at radius 2 is 1.77 bits per heavy atom. The second-order valence-electron chi connectivity index (χ2n) is 16.4. The van der Waals surface area contributed by atoms with Crippen LogP contribution < -0.4 is 32.6 Å². The van der Waals surface area contributed by atoms with Crippen LogP contribution in [0.1, 0.15) is 63.1 Å². The molecule has 23 heteroatoms. The van der Waals surface area contributed by atoms with Gasteiger partial charge in [0.2, 0.25) is 5.96 Å². The molecule has 2 fully saturated rings. The monoisotopic (exact) mass is 920 g/mol. The normalized spacial score (nSPS) is 21.9. The molecular formula is C41H45ClF6N11O5+. The molecule has 3 aromatic rings. The van der Waals surface area contributed by atoms with Gasteiger partial charge >= 0.3 is 18.4 Å². The number of alkyl halides is 5. The van der Waals surface area contributed by atoms with E-state index in [1.165, 1.54) is 35.8 Å². The zero-order chi connectivity index (χ0) is 46.8. The molecule has 8 N–H and O–H groups in total. The van der Waals surface area contributed by atoms with Gasteiger partial charge in [-0.25, -0.2) is 49.0 Å². The van der Waals surface area contributed by atoms with Crippen LogP contribution in [0.3, 0.4) is 0 Å². The number of anilines is 1. The van der Waals surface area contributed by atoms with Crippen LogP contribution in [0, 0.1) is 11.2 Å². The zero-order valence-electron chi connectivity index (χ0n) is 34.8. The molecule has 0 aromatic heterocycles. The highest BCUT2D eigenvalue weighted by molar-refractivity contribution is 6.33.